The first kappa shape index (κ1) is 22.0. The number of halogens is 1. The standard InChI is InChI=1S/C24H23ClN6O3/c1-34-20-8-6-19(7-9-20)28-12-14-29(15-13-28)23(32)16-30-24(33)31-22(27-30)11-10-21(26-31)17-2-4-18(25)5-3-17/h2-11H,12-16H2,1H3. The lowest BCUT2D eigenvalue weighted by Crippen LogP contribution is -2.50. The van der Waals surface area contributed by atoms with Crippen molar-refractivity contribution in [3.63, 3.8) is 0 Å². The molecule has 0 bridgehead atoms. The predicted molar refractivity (Wildman–Crippen MR) is 129 cm³/mol. The van der Waals surface area contributed by atoms with Gasteiger partial charge in [0.25, 0.3) is 0 Å². The van der Waals surface area contributed by atoms with Crippen molar-refractivity contribution in [2.24, 2.45) is 0 Å². The maximum Gasteiger partial charge on any atom is 0.367 e. The van der Waals surface area contributed by atoms with E-state index < -0.39 is 5.69 Å². The molecule has 174 valence electrons. The molecule has 10 heteroatoms. The van der Waals surface area contributed by atoms with Crippen molar-refractivity contribution >= 4 is 28.8 Å². The van der Waals surface area contributed by atoms with E-state index in [2.05, 4.69) is 15.1 Å². The summed E-state index contributed by atoms with van der Waals surface area (Å²) in [6.45, 7) is 2.45. The van der Waals surface area contributed by atoms with Crippen LogP contribution in [0.15, 0.2) is 65.5 Å². The Kier molecular flexibility index (Phi) is 5.93. The molecule has 0 atom stereocenters. The molecule has 2 aromatic carbocycles. The number of carbonyl (C=O) groups excluding carboxylic acids is 1. The van der Waals surface area contributed by atoms with Crippen molar-refractivity contribution in [1.82, 2.24) is 24.3 Å². The van der Waals surface area contributed by atoms with Crippen LogP contribution >= 0.6 is 11.6 Å². The van der Waals surface area contributed by atoms with Crippen LogP contribution < -0.4 is 15.3 Å². The van der Waals surface area contributed by atoms with Gasteiger partial charge in [0, 0.05) is 42.5 Å². The second-order valence-corrected chi connectivity index (χ2v) is 8.44. The highest BCUT2D eigenvalue weighted by atomic mass is 35.5. The first-order chi connectivity index (χ1) is 16.5. The quantitative estimate of drug-likeness (QED) is 0.438. The zero-order valence-electron chi connectivity index (χ0n) is 18.6. The summed E-state index contributed by atoms with van der Waals surface area (Å²) in [6.07, 6.45) is 0. The number of aromatic nitrogens is 4. The number of amides is 1. The summed E-state index contributed by atoms with van der Waals surface area (Å²) in [5.41, 5.74) is 2.48. The minimum absolute atomic E-state index is 0.124. The van der Waals surface area contributed by atoms with E-state index in [-0.39, 0.29) is 12.5 Å². The van der Waals surface area contributed by atoms with Crippen LogP contribution in [0.25, 0.3) is 16.9 Å². The smallest absolute Gasteiger partial charge is 0.367 e. The van der Waals surface area contributed by atoms with E-state index in [0.717, 1.165) is 17.0 Å². The van der Waals surface area contributed by atoms with Crippen LogP contribution in [0, 0.1) is 0 Å². The number of methoxy groups -OCH3 is 1. The highest BCUT2D eigenvalue weighted by molar-refractivity contribution is 6.30. The number of anilines is 1. The number of hydrogen-bond donors (Lipinski definition) is 0. The maximum atomic E-state index is 12.9. The molecule has 2 aromatic heterocycles. The van der Waals surface area contributed by atoms with Gasteiger partial charge in [0.05, 0.1) is 12.8 Å². The molecular formula is C24H23ClN6O3. The lowest BCUT2D eigenvalue weighted by molar-refractivity contribution is -0.132. The number of benzene rings is 2. The Morgan fingerprint density at radius 1 is 0.941 bits per heavy atom. The van der Waals surface area contributed by atoms with Gasteiger partial charge in [-0.15, -0.1) is 5.10 Å². The summed E-state index contributed by atoms with van der Waals surface area (Å²) < 4.78 is 7.60. The largest absolute Gasteiger partial charge is 0.497 e. The number of carbonyl (C=O) groups is 1. The first-order valence-corrected chi connectivity index (χ1v) is 11.3. The van der Waals surface area contributed by atoms with E-state index >= 15 is 0 Å². The van der Waals surface area contributed by atoms with Gasteiger partial charge in [-0.2, -0.15) is 9.61 Å². The number of piperazine rings is 1. The van der Waals surface area contributed by atoms with Crippen molar-refractivity contribution in [3.05, 3.63) is 76.2 Å². The highest BCUT2D eigenvalue weighted by Crippen LogP contribution is 2.21. The van der Waals surface area contributed by atoms with E-state index in [1.54, 1.807) is 36.3 Å². The Labute approximate surface area is 200 Å². The summed E-state index contributed by atoms with van der Waals surface area (Å²) >= 11 is 5.95. The third-order valence-electron chi connectivity index (χ3n) is 5.94. The van der Waals surface area contributed by atoms with Crippen molar-refractivity contribution in [2.45, 2.75) is 6.54 Å². The second-order valence-electron chi connectivity index (χ2n) is 8.00. The Hall–Kier alpha value is -3.85. The molecule has 1 amide bonds. The average Bonchev–Trinajstić information content (AvgIpc) is 3.19. The average molecular weight is 479 g/mol. The molecule has 1 saturated heterocycles. The Balaban J connectivity index is 1.26. The molecule has 0 N–H and O–H groups in total. The summed E-state index contributed by atoms with van der Waals surface area (Å²) in [4.78, 5) is 29.7. The molecule has 0 radical (unpaired) electrons. The zero-order valence-corrected chi connectivity index (χ0v) is 19.4. The summed E-state index contributed by atoms with van der Waals surface area (Å²) in [7, 11) is 1.64. The minimum Gasteiger partial charge on any atom is -0.497 e. The van der Waals surface area contributed by atoms with Gasteiger partial charge >= 0.3 is 5.69 Å². The second kappa shape index (κ2) is 9.18. The van der Waals surface area contributed by atoms with Crippen molar-refractivity contribution in [3.8, 4) is 17.0 Å². The monoisotopic (exact) mass is 478 g/mol. The number of fused-ring (bicyclic) bond motifs is 1. The molecule has 4 aromatic rings. The fourth-order valence-electron chi connectivity index (χ4n) is 4.02. The normalized spacial score (nSPS) is 13.9. The topological polar surface area (TPSA) is 85.0 Å². The van der Waals surface area contributed by atoms with Gasteiger partial charge in [0.1, 0.15) is 12.3 Å². The molecule has 0 unspecified atom stereocenters. The molecular weight excluding hydrogens is 456 g/mol. The third kappa shape index (κ3) is 4.34. The van der Waals surface area contributed by atoms with Crippen LogP contribution in [0.2, 0.25) is 5.02 Å². The Morgan fingerprint density at radius 3 is 2.32 bits per heavy atom. The molecule has 0 spiro atoms. The number of rotatable bonds is 5. The van der Waals surface area contributed by atoms with Gasteiger partial charge in [-0.25, -0.2) is 9.48 Å². The van der Waals surface area contributed by atoms with Gasteiger partial charge in [-0.1, -0.05) is 23.7 Å². The predicted octanol–water partition coefficient (Wildman–Crippen LogP) is 2.57. The van der Waals surface area contributed by atoms with Crippen LogP contribution in [0.4, 0.5) is 5.69 Å². The van der Waals surface area contributed by atoms with Crippen molar-refractivity contribution in [2.75, 3.05) is 38.2 Å². The SMILES string of the molecule is COc1ccc(N2CCN(C(=O)Cn3nc4ccc(-c5ccc(Cl)cc5)nn4c3=O)CC2)cc1. The van der Waals surface area contributed by atoms with E-state index in [1.165, 1.54) is 9.20 Å². The summed E-state index contributed by atoms with van der Waals surface area (Å²) in [6, 6.07) is 18.6. The first-order valence-electron chi connectivity index (χ1n) is 10.9. The van der Waals surface area contributed by atoms with Crippen LogP contribution in [0.3, 0.4) is 0 Å². The molecule has 0 aliphatic carbocycles. The van der Waals surface area contributed by atoms with Crippen LogP contribution in [-0.2, 0) is 11.3 Å². The van der Waals surface area contributed by atoms with E-state index in [9.17, 15) is 9.59 Å². The summed E-state index contributed by atoms with van der Waals surface area (Å²) in [5, 5.41) is 9.32. The Morgan fingerprint density at radius 2 is 1.65 bits per heavy atom. The van der Waals surface area contributed by atoms with Crippen LogP contribution in [-0.4, -0.2) is 63.5 Å². The zero-order chi connectivity index (χ0) is 23.7. The van der Waals surface area contributed by atoms with E-state index in [4.69, 9.17) is 16.3 Å². The van der Waals surface area contributed by atoms with Gasteiger partial charge in [-0.05, 0) is 48.5 Å². The van der Waals surface area contributed by atoms with E-state index in [1.807, 2.05) is 36.4 Å². The molecule has 34 heavy (non-hydrogen) atoms. The lowest BCUT2D eigenvalue weighted by atomic mass is 10.1. The number of ether oxygens (including phenoxy) is 1. The molecule has 1 aliphatic heterocycles. The van der Waals surface area contributed by atoms with Gasteiger partial charge in [-0.3, -0.25) is 4.79 Å². The Bertz CT molecular complexity index is 1370. The van der Waals surface area contributed by atoms with Gasteiger partial charge < -0.3 is 14.5 Å². The fraction of sp³-hybridized carbons (Fsp3) is 0.250. The fourth-order valence-corrected chi connectivity index (χ4v) is 4.15. The maximum absolute atomic E-state index is 12.9. The molecule has 1 fully saturated rings. The van der Waals surface area contributed by atoms with Gasteiger partial charge in [0.15, 0.2) is 5.65 Å². The molecule has 0 saturated carbocycles. The van der Waals surface area contributed by atoms with Crippen LogP contribution in [0.5, 0.6) is 5.75 Å². The molecule has 1 aliphatic rings. The van der Waals surface area contributed by atoms with Crippen molar-refractivity contribution < 1.29 is 9.53 Å². The van der Waals surface area contributed by atoms with Gasteiger partial charge in [0.2, 0.25) is 5.91 Å². The van der Waals surface area contributed by atoms with Crippen LogP contribution in [0.1, 0.15) is 0 Å². The third-order valence-corrected chi connectivity index (χ3v) is 6.19. The minimum atomic E-state index is -0.448. The molecule has 5 rings (SSSR count). The van der Waals surface area contributed by atoms with Crippen molar-refractivity contribution in [1.29, 1.82) is 0 Å². The molecule has 3 heterocycles. The number of hydrogen-bond acceptors (Lipinski definition) is 6. The summed E-state index contributed by atoms with van der Waals surface area (Å²) in [5.74, 6) is 0.669. The van der Waals surface area contributed by atoms with E-state index in [0.29, 0.717) is 42.5 Å². The molecule has 9 nitrogen and oxygen atoms in total. The highest BCUT2D eigenvalue weighted by Gasteiger charge is 2.23. The number of nitrogens with zero attached hydrogens (tertiary/aromatic N) is 6. The lowest BCUT2D eigenvalue weighted by Gasteiger charge is -2.36.